The second-order valence-corrected chi connectivity index (χ2v) is 2.91. The van der Waals surface area contributed by atoms with Crippen LogP contribution in [0.4, 0.5) is 0 Å². The molecule has 0 aliphatic heterocycles. The molecule has 0 aliphatic carbocycles. The Hall–Kier alpha value is -0.850. The molecule has 0 fully saturated rings. The lowest BCUT2D eigenvalue weighted by molar-refractivity contribution is 0.820. The molecule has 1 aromatic heterocycles. The summed E-state index contributed by atoms with van der Waals surface area (Å²) >= 11 is 0. The van der Waals surface area contributed by atoms with Crippen LogP contribution in [0.1, 0.15) is 31.0 Å². The van der Waals surface area contributed by atoms with Crippen LogP contribution in [0.15, 0.2) is 18.3 Å². The minimum absolute atomic E-state index is 0.542. The zero-order valence-electron chi connectivity index (χ0n) is 6.76. The maximum atomic E-state index is 4.24. The molecule has 1 heterocycles. The van der Waals surface area contributed by atoms with Crippen molar-refractivity contribution in [3.8, 4) is 0 Å². The average Bonchev–Trinajstić information content (AvgIpc) is 1.88. The highest BCUT2D eigenvalue weighted by Gasteiger charge is 1.98. The molecule has 10 heavy (non-hydrogen) atoms. The lowest BCUT2D eigenvalue weighted by atomic mass is 10.1. The van der Waals surface area contributed by atoms with Crippen LogP contribution < -0.4 is 0 Å². The van der Waals surface area contributed by atoms with Gasteiger partial charge in [-0.1, -0.05) is 13.8 Å². The van der Waals surface area contributed by atoms with E-state index in [1.807, 2.05) is 12.3 Å². The van der Waals surface area contributed by atoms with Gasteiger partial charge >= 0.3 is 0 Å². The number of nitrogens with zero attached hydrogens (tertiary/aromatic N) is 1. The van der Waals surface area contributed by atoms with E-state index in [4.69, 9.17) is 0 Å². The monoisotopic (exact) mass is 135 g/mol. The van der Waals surface area contributed by atoms with E-state index in [9.17, 15) is 0 Å². The molecule has 0 amide bonds. The van der Waals surface area contributed by atoms with Crippen molar-refractivity contribution in [3.05, 3.63) is 29.6 Å². The largest absolute Gasteiger partial charge is 0.261 e. The van der Waals surface area contributed by atoms with E-state index < -0.39 is 0 Å². The zero-order valence-corrected chi connectivity index (χ0v) is 6.76. The maximum absolute atomic E-state index is 4.24. The minimum atomic E-state index is 0.542. The van der Waals surface area contributed by atoms with Gasteiger partial charge in [-0.25, -0.2) is 0 Å². The van der Waals surface area contributed by atoms with Crippen LogP contribution in [0.5, 0.6) is 0 Å². The van der Waals surface area contributed by atoms with Crippen LogP contribution in [0.25, 0.3) is 0 Å². The Morgan fingerprint density at radius 3 is 2.50 bits per heavy atom. The van der Waals surface area contributed by atoms with Crippen LogP contribution in [0.2, 0.25) is 0 Å². The molecule has 54 valence electrons. The third-order valence-electron chi connectivity index (χ3n) is 1.53. The standard InChI is InChI=1S/C9H13N/c1-7(2)9-6-8(3)4-5-10-9/h4-7H,1-3H3. The number of aromatic nitrogens is 1. The smallest absolute Gasteiger partial charge is 0.0431 e. The van der Waals surface area contributed by atoms with Crippen molar-refractivity contribution >= 4 is 0 Å². The fraction of sp³-hybridized carbons (Fsp3) is 0.444. The van der Waals surface area contributed by atoms with Crippen molar-refractivity contribution < 1.29 is 0 Å². The Bertz CT molecular complexity index is 216. The number of rotatable bonds is 1. The maximum Gasteiger partial charge on any atom is 0.0431 e. The number of pyridine rings is 1. The van der Waals surface area contributed by atoms with Gasteiger partial charge in [-0.15, -0.1) is 0 Å². The summed E-state index contributed by atoms with van der Waals surface area (Å²) in [5.41, 5.74) is 2.47. The van der Waals surface area contributed by atoms with E-state index in [2.05, 4.69) is 31.8 Å². The van der Waals surface area contributed by atoms with Gasteiger partial charge in [-0.05, 0) is 30.5 Å². The molecule has 1 aromatic rings. The molecule has 0 N–H and O–H groups in total. The van der Waals surface area contributed by atoms with Crippen LogP contribution >= 0.6 is 0 Å². The lowest BCUT2D eigenvalue weighted by Gasteiger charge is -2.03. The van der Waals surface area contributed by atoms with Gasteiger partial charge in [-0.3, -0.25) is 4.98 Å². The van der Waals surface area contributed by atoms with E-state index in [1.54, 1.807) is 0 Å². The van der Waals surface area contributed by atoms with E-state index in [1.165, 1.54) is 11.3 Å². The molecule has 1 heteroatoms. The van der Waals surface area contributed by atoms with E-state index in [-0.39, 0.29) is 0 Å². The van der Waals surface area contributed by atoms with Crippen molar-refractivity contribution in [2.45, 2.75) is 26.7 Å². The van der Waals surface area contributed by atoms with Gasteiger partial charge in [0.2, 0.25) is 0 Å². The Labute approximate surface area is 62.1 Å². The molecule has 0 aliphatic rings. The van der Waals surface area contributed by atoms with Gasteiger partial charge in [0.05, 0.1) is 0 Å². The molecule has 0 saturated heterocycles. The van der Waals surface area contributed by atoms with Crippen molar-refractivity contribution in [1.29, 1.82) is 0 Å². The molecular weight excluding hydrogens is 122 g/mol. The van der Waals surface area contributed by atoms with Crippen molar-refractivity contribution in [2.75, 3.05) is 0 Å². The molecule has 0 unspecified atom stereocenters. The molecule has 0 radical (unpaired) electrons. The Morgan fingerprint density at radius 2 is 2.10 bits per heavy atom. The molecule has 1 rings (SSSR count). The fourth-order valence-electron chi connectivity index (χ4n) is 0.875. The summed E-state index contributed by atoms with van der Waals surface area (Å²) in [5.74, 6) is 0.542. The lowest BCUT2D eigenvalue weighted by Crippen LogP contribution is -1.91. The molecular formula is C9H13N. The second-order valence-electron chi connectivity index (χ2n) is 2.91. The van der Waals surface area contributed by atoms with Gasteiger partial charge in [-0.2, -0.15) is 0 Å². The van der Waals surface area contributed by atoms with E-state index >= 15 is 0 Å². The third-order valence-corrected chi connectivity index (χ3v) is 1.53. The van der Waals surface area contributed by atoms with Gasteiger partial charge in [0.15, 0.2) is 0 Å². The number of aryl methyl sites for hydroxylation is 1. The van der Waals surface area contributed by atoms with Gasteiger partial charge in [0, 0.05) is 11.9 Å². The fourth-order valence-corrected chi connectivity index (χ4v) is 0.875. The number of hydrogen-bond donors (Lipinski definition) is 0. The molecule has 0 spiro atoms. The molecule has 0 bridgehead atoms. The first-order valence-electron chi connectivity index (χ1n) is 3.62. The van der Waals surface area contributed by atoms with Crippen molar-refractivity contribution in [1.82, 2.24) is 4.98 Å². The van der Waals surface area contributed by atoms with Crippen molar-refractivity contribution in [2.24, 2.45) is 0 Å². The Balaban J connectivity index is 2.96. The van der Waals surface area contributed by atoms with E-state index in [0.29, 0.717) is 5.92 Å². The predicted molar refractivity (Wildman–Crippen MR) is 43.1 cm³/mol. The minimum Gasteiger partial charge on any atom is -0.261 e. The first kappa shape index (κ1) is 7.26. The summed E-state index contributed by atoms with van der Waals surface area (Å²) in [6, 6.07) is 4.15. The predicted octanol–water partition coefficient (Wildman–Crippen LogP) is 2.51. The molecule has 0 atom stereocenters. The summed E-state index contributed by atoms with van der Waals surface area (Å²) in [6.45, 7) is 6.40. The highest BCUT2D eigenvalue weighted by atomic mass is 14.7. The summed E-state index contributed by atoms with van der Waals surface area (Å²) in [4.78, 5) is 4.24. The summed E-state index contributed by atoms with van der Waals surface area (Å²) in [5, 5.41) is 0. The third kappa shape index (κ3) is 1.56. The van der Waals surface area contributed by atoms with Crippen LogP contribution in [-0.2, 0) is 0 Å². The van der Waals surface area contributed by atoms with E-state index in [0.717, 1.165) is 0 Å². The Kier molecular flexibility index (Phi) is 2.05. The summed E-state index contributed by atoms with van der Waals surface area (Å²) in [6.07, 6.45) is 1.87. The molecule has 0 saturated carbocycles. The quantitative estimate of drug-likeness (QED) is 0.576. The topological polar surface area (TPSA) is 12.9 Å². The Morgan fingerprint density at radius 1 is 1.40 bits per heavy atom. The van der Waals surface area contributed by atoms with Crippen molar-refractivity contribution in [3.63, 3.8) is 0 Å². The van der Waals surface area contributed by atoms with Gasteiger partial charge in [0.1, 0.15) is 0 Å². The highest BCUT2D eigenvalue weighted by Crippen LogP contribution is 2.11. The summed E-state index contributed by atoms with van der Waals surface area (Å²) in [7, 11) is 0. The van der Waals surface area contributed by atoms with Gasteiger partial charge < -0.3 is 0 Å². The first-order chi connectivity index (χ1) is 4.70. The van der Waals surface area contributed by atoms with Crippen LogP contribution in [0.3, 0.4) is 0 Å². The van der Waals surface area contributed by atoms with Gasteiger partial charge in [0.25, 0.3) is 0 Å². The van der Waals surface area contributed by atoms with Crippen LogP contribution in [0, 0.1) is 6.92 Å². The normalized spacial score (nSPS) is 10.4. The zero-order chi connectivity index (χ0) is 7.56. The first-order valence-corrected chi connectivity index (χ1v) is 3.62. The second kappa shape index (κ2) is 2.82. The number of hydrogen-bond acceptors (Lipinski definition) is 1. The average molecular weight is 135 g/mol. The summed E-state index contributed by atoms with van der Waals surface area (Å²) < 4.78 is 0. The highest BCUT2D eigenvalue weighted by molar-refractivity contribution is 5.16. The van der Waals surface area contributed by atoms with Crippen LogP contribution in [-0.4, -0.2) is 4.98 Å². The SMILES string of the molecule is Cc1ccnc(C(C)C)c1. The molecule has 1 nitrogen and oxygen atoms in total. The molecule has 0 aromatic carbocycles.